The van der Waals surface area contributed by atoms with Crippen molar-refractivity contribution in [2.24, 2.45) is 0 Å². The molecule has 1 N–H and O–H groups in total. The Hall–Kier alpha value is -2.71. The maximum Gasteiger partial charge on any atom is 0.302 e. The van der Waals surface area contributed by atoms with Gasteiger partial charge in [0.2, 0.25) is 10.0 Å². The number of sulfonamides is 1. The molecule has 0 saturated heterocycles. The third kappa shape index (κ3) is 4.35. The van der Waals surface area contributed by atoms with Crippen LogP contribution in [0.4, 0.5) is 0 Å². The lowest BCUT2D eigenvalue weighted by molar-refractivity contribution is 0.408. The summed E-state index contributed by atoms with van der Waals surface area (Å²) in [5, 5.41) is 0. The van der Waals surface area contributed by atoms with Crippen molar-refractivity contribution in [3.63, 3.8) is 0 Å². The van der Waals surface area contributed by atoms with Crippen molar-refractivity contribution in [2.75, 3.05) is 0 Å². The van der Waals surface area contributed by atoms with Crippen LogP contribution < -0.4 is 9.46 Å². The first-order valence-electron chi connectivity index (χ1n) is 8.63. The molecule has 1 aromatic carbocycles. The van der Waals surface area contributed by atoms with Crippen LogP contribution in [-0.2, 0) is 16.6 Å². The van der Waals surface area contributed by atoms with E-state index in [-0.39, 0.29) is 4.90 Å². The summed E-state index contributed by atoms with van der Waals surface area (Å²) in [4.78, 5) is 8.31. The molecule has 0 saturated carbocycles. The molecule has 0 fully saturated rings. The molecule has 0 bridgehead atoms. The molecule has 7 nitrogen and oxygen atoms in total. The number of ether oxygens (including phenoxy) is 1. The molecule has 2 heterocycles. The van der Waals surface area contributed by atoms with Crippen molar-refractivity contribution >= 4 is 10.0 Å². The highest BCUT2D eigenvalue weighted by atomic mass is 32.2. The molecule has 8 heteroatoms. The van der Waals surface area contributed by atoms with Gasteiger partial charge in [-0.1, -0.05) is 17.7 Å². The Kier molecular flexibility index (Phi) is 5.57. The van der Waals surface area contributed by atoms with Gasteiger partial charge in [0.1, 0.15) is 10.6 Å². The van der Waals surface area contributed by atoms with E-state index in [0.29, 0.717) is 24.0 Å². The number of aromatic nitrogens is 3. The second kappa shape index (κ2) is 7.89. The molecule has 0 aliphatic carbocycles. The number of hydrogen-bond acceptors (Lipinski definition) is 5. The first-order chi connectivity index (χ1) is 12.9. The molecule has 142 valence electrons. The van der Waals surface area contributed by atoms with Crippen LogP contribution in [0, 0.1) is 6.92 Å². The fourth-order valence-electron chi connectivity index (χ4n) is 2.69. The normalized spacial score (nSPS) is 12.7. The molecule has 0 radical (unpaired) electrons. The SMILES string of the molecule is CCn1c(C(C)NS(=O)(=O)c2cccnc2)cnc1Oc1ccc(C)cc1. The number of benzene rings is 1. The minimum absolute atomic E-state index is 0.121. The second-order valence-corrected chi connectivity index (χ2v) is 7.87. The minimum atomic E-state index is -3.68. The van der Waals surface area contributed by atoms with Crippen LogP contribution in [0.25, 0.3) is 0 Å². The summed E-state index contributed by atoms with van der Waals surface area (Å²) in [6.45, 7) is 6.32. The zero-order valence-electron chi connectivity index (χ0n) is 15.5. The van der Waals surface area contributed by atoms with Crippen molar-refractivity contribution in [3.05, 3.63) is 66.2 Å². The van der Waals surface area contributed by atoms with Crippen molar-refractivity contribution in [2.45, 2.75) is 38.3 Å². The third-order valence-corrected chi connectivity index (χ3v) is 5.64. The lowest BCUT2D eigenvalue weighted by atomic mass is 10.2. The van der Waals surface area contributed by atoms with Gasteiger partial charge in [-0.2, -0.15) is 0 Å². The van der Waals surface area contributed by atoms with E-state index in [1.54, 1.807) is 19.2 Å². The number of aryl methyl sites for hydroxylation is 1. The molecule has 0 aliphatic rings. The van der Waals surface area contributed by atoms with Gasteiger partial charge in [-0.3, -0.25) is 9.55 Å². The fraction of sp³-hybridized carbons (Fsp3) is 0.263. The minimum Gasteiger partial charge on any atom is -0.426 e. The van der Waals surface area contributed by atoms with Crippen LogP contribution in [0.5, 0.6) is 11.8 Å². The van der Waals surface area contributed by atoms with Gasteiger partial charge in [-0.15, -0.1) is 0 Å². The molecular formula is C19H22N4O3S. The van der Waals surface area contributed by atoms with Gasteiger partial charge >= 0.3 is 6.01 Å². The lowest BCUT2D eigenvalue weighted by Crippen LogP contribution is -2.28. The molecule has 3 aromatic rings. The molecule has 0 aliphatic heterocycles. The Bertz CT molecular complexity index is 999. The average Bonchev–Trinajstić information content (AvgIpc) is 3.07. The lowest BCUT2D eigenvalue weighted by Gasteiger charge is -2.17. The molecule has 0 amide bonds. The predicted molar refractivity (Wildman–Crippen MR) is 102 cm³/mol. The Balaban J connectivity index is 1.82. The zero-order valence-corrected chi connectivity index (χ0v) is 16.3. The number of imidazole rings is 1. The first-order valence-corrected chi connectivity index (χ1v) is 10.1. The Morgan fingerprint density at radius 2 is 1.93 bits per heavy atom. The average molecular weight is 386 g/mol. The summed E-state index contributed by atoms with van der Waals surface area (Å²) in [5.41, 5.74) is 1.85. The number of hydrogen-bond donors (Lipinski definition) is 1. The van der Waals surface area contributed by atoms with E-state index in [1.165, 1.54) is 18.5 Å². The van der Waals surface area contributed by atoms with Gasteiger partial charge in [0.25, 0.3) is 0 Å². The van der Waals surface area contributed by atoms with E-state index in [0.717, 1.165) is 5.56 Å². The van der Waals surface area contributed by atoms with E-state index < -0.39 is 16.1 Å². The molecular weight excluding hydrogens is 364 g/mol. The summed E-state index contributed by atoms with van der Waals surface area (Å²) < 4.78 is 35.4. The van der Waals surface area contributed by atoms with E-state index >= 15 is 0 Å². The maximum absolute atomic E-state index is 12.5. The Labute approximate surface area is 159 Å². The molecule has 2 aromatic heterocycles. The van der Waals surface area contributed by atoms with E-state index in [9.17, 15) is 8.42 Å². The molecule has 27 heavy (non-hydrogen) atoms. The summed E-state index contributed by atoms with van der Waals surface area (Å²) in [6, 6.07) is 10.7. The van der Waals surface area contributed by atoms with Crippen LogP contribution in [0.1, 0.15) is 31.1 Å². The Morgan fingerprint density at radius 1 is 1.19 bits per heavy atom. The van der Waals surface area contributed by atoms with E-state index in [4.69, 9.17) is 4.74 Å². The van der Waals surface area contributed by atoms with E-state index in [2.05, 4.69) is 14.7 Å². The van der Waals surface area contributed by atoms with E-state index in [1.807, 2.05) is 42.7 Å². The van der Waals surface area contributed by atoms with Crippen LogP contribution in [0.15, 0.2) is 59.9 Å². The van der Waals surface area contributed by atoms with Gasteiger partial charge in [0.15, 0.2) is 0 Å². The van der Waals surface area contributed by atoms with Crippen molar-refractivity contribution < 1.29 is 13.2 Å². The first kappa shape index (κ1) is 19.1. The fourth-order valence-corrected chi connectivity index (χ4v) is 3.87. The van der Waals surface area contributed by atoms with Gasteiger partial charge in [-0.25, -0.2) is 18.1 Å². The summed E-state index contributed by atoms with van der Waals surface area (Å²) in [6.07, 6.45) is 4.48. The molecule has 0 spiro atoms. The Morgan fingerprint density at radius 3 is 2.56 bits per heavy atom. The van der Waals surface area contributed by atoms with Gasteiger partial charge in [0.05, 0.1) is 17.9 Å². The summed E-state index contributed by atoms with van der Waals surface area (Å²) >= 11 is 0. The number of pyridine rings is 1. The maximum atomic E-state index is 12.5. The monoisotopic (exact) mass is 386 g/mol. The van der Waals surface area contributed by atoms with Crippen LogP contribution in [0.3, 0.4) is 0 Å². The third-order valence-electron chi connectivity index (χ3n) is 4.12. The molecule has 3 rings (SSSR count). The van der Waals surface area contributed by atoms with Crippen molar-refractivity contribution in [3.8, 4) is 11.8 Å². The highest BCUT2D eigenvalue weighted by Crippen LogP contribution is 2.25. The van der Waals surface area contributed by atoms with Gasteiger partial charge in [0, 0.05) is 18.9 Å². The van der Waals surface area contributed by atoms with Crippen molar-refractivity contribution in [1.29, 1.82) is 0 Å². The van der Waals surface area contributed by atoms with Crippen LogP contribution >= 0.6 is 0 Å². The van der Waals surface area contributed by atoms with Crippen molar-refractivity contribution in [1.82, 2.24) is 19.3 Å². The largest absolute Gasteiger partial charge is 0.426 e. The number of nitrogens with one attached hydrogen (secondary N) is 1. The quantitative estimate of drug-likeness (QED) is 0.672. The highest BCUT2D eigenvalue weighted by Gasteiger charge is 2.22. The highest BCUT2D eigenvalue weighted by molar-refractivity contribution is 7.89. The smallest absolute Gasteiger partial charge is 0.302 e. The second-order valence-electron chi connectivity index (χ2n) is 6.16. The van der Waals surface area contributed by atoms with Gasteiger partial charge in [-0.05, 0) is 45.0 Å². The summed E-state index contributed by atoms with van der Waals surface area (Å²) in [5.74, 6) is 0.677. The summed E-state index contributed by atoms with van der Waals surface area (Å²) in [7, 11) is -3.68. The zero-order chi connectivity index (χ0) is 19.4. The number of rotatable bonds is 7. The van der Waals surface area contributed by atoms with Crippen LogP contribution in [-0.4, -0.2) is 23.0 Å². The topological polar surface area (TPSA) is 86.1 Å². The predicted octanol–water partition coefficient (Wildman–Crippen LogP) is 3.44. The van der Waals surface area contributed by atoms with Crippen LogP contribution in [0.2, 0.25) is 0 Å². The molecule has 1 atom stereocenters. The molecule has 1 unspecified atom stereocenters. The van der Waals surface area contributed by atoms with Gasteiger partial charge < -0.3 is 4.74 Å². The number of nitrogens with zero attached hydrogens (tertiary/aromatic N) is 3. The standard InChI is InChI=1S/C19H22N4O3S/c1-4-23-18(13-21-19(23)26-16-9-7-14(2)8-10-16)15(3)22-27(24,25)17-6-5-11-20-12-17/h5-13,15,22H,4H2,1-3H3.